The van der Waals surface area contributed by atoms with E-state index in [2.05, 4.69) is 32.1 Å². The fourth-order valence-corrected chi connectivity index (χ4v) is 5.22. The summed E-state index contributed by atoms with van der Waals surface area (Å²) in [4.78, 5) is 31.2. The van der Waals surface area contributed by atoms with Crippen molar-refractivity contribution in [1.29, 1.82) is 0 Å². The van der Waals surface area contributed by atoms with Gasteiger partial charge in [0.1, 0.15) is 29.5 Å². The molecule has 1 fully saturated rings. The lowest BCUT2D eigenvalue weighted by molar-refractivity contribution is -0.111. The third-order valence-electron chi connectivity index (χ3n) is 7.56. The third kappa shape index (κ3) is 7.59. The van der Waals surface area contributed by atoms with Crippen LogP contribution < -0.4 is 25.3 Å². The van der Waals surface area contributed by atoms with Gasteiger partial charge in [-0.3, -0.25) is 9.63 Å². The lowest BCUT2D eigenvalue weighted by atomic mass is 9.97. The molecule has 4 aromatic rings. The minimum atomic E-state index is -0.434. The van der Waals surface area contributed by atoms with Crippen molar-refractivity contribution in [2.24, 2.45) is 0 Å². The summed E-state index contributed by atoms with van der Waals surface area (Å²) in [5.41, 5.74) is 3.69. The predicted octanol–water partition coefficient (Wildman–Crippen LogP) is 6.18. The van der Waals surface area contributed by atoms with E-state index in [1.165, 1.54) is 36.7 Å². The highest BCUT2D eigenvalue weighted by Gasteiger charge is 2.30. The maximum Gasteiger partial charge on any atom is 0.247 e. The summed E-state index contributed by atoms with van der Waals surface area (Å²) < 4.78 is 34.5. The molecule has 0 aliphatic carbocycles. The number of carbonyl (C=O) groups is 1. The number of hydrogen-bond donors (Lipinski definition) is 2. The first-order valence-corrected chi connectivity index (χ1v) is 14.7. The molecule has 1 aliphatic rings. The van der Waals surface area contributed by atoms with Gasteiger partial charge in [-0.1, -0.05) is 18.7 Å². The van der Waals surface area contributed by atoms with Crippen molar-refractivity contribution in [2.75, 3.05) is 68.5 Å². The van der Waals surface area contributed by atoms with E-state index >= 15 is 0 Å². The molecule has 1 aromatic heterocycles. The van der Waals surface area contributed by atoms with Crippen LogP contribution in [-0.2, 0) is 9.63 Å². The first kappa shape index (κ1) is 32.3. The van der Waals surface area contributed by atoms with Gasteiger partial charge >= 0.3 is 0 Å². The van der Waals surface area contributed by atoms with Crippen LogP contribution >= 0.6 is 0 Å². The standard InChI is InChI=1S/C34H37F2N7O3/c1-6-34(44)40-27-18-28(31(45-5)19-30(27)42(4)12-11-41(2)3)39-32-20-33(38-21-37-32)43-29(10-13-46-43)24-14-23(16-26(36)17-24)22-8-7-9-25(35)15-22/h6-9,14-21,29H,1,10-13H2,2-5H3,(H,40,44)(H,37,38,39). The lowest BCUT2D eigenvalue weighted by Crippen LogP contribution is -2.29. The topological polar surface area (TPSA) is 95.1 Å². The predicted molar refractivity (Wildman–Crippen MR) is 177 cm³/mol. The van der Waals surface area contributed by atoms with Crippen LogP contribution in [0.1, 0.15) is 18.0 Å². The highest BCUT2D eigenvalue weighted by atomic mass is 19.1. The SMILES string of the molecule is C=CC(=O)Nc1cc(Nc2cc(N3OCCC3c3cc(F)cc(-c4cccc(F)c4)c3)ncn2)c(OC)cc1N(C)CCN(C)C. The molecule has 10 nitrogen and oxygen atoms in total. The molecular formula is C34H37F2N7O3. The van der Waals surface area contributed by atoms with Gasteiger partial charge in [0.15, 0.2) is 5.82 Å². The Bertz CT molecular complexity index is 1720. The van der Waals surface area contributed by atoms with E-state index in [4.69, 9.17) is 9.57 Å². The Balaban J connectivity index is 1.44. The largest absolute Gasteiger partial charge is 0.494 e. The van der Waals surface area contributed by atoms with Crippen LogP contribution in [0.15, 0.2) is 79.6 Å². The van der Waals surface area contributed by atoms with Crippen LogP contribution in [0, 0.1) is 11.6 Å². The zero-order chi connectivity index (χ0) is 32.8. The Morgan fingerprint density at radius 3 is 2.59 bits per heavy atom. The van der Waals surface area contributed by atoms with E-state index in [0.717, 1.165) is 12.2 Å². The van der Waals surface area contributed by atoms with Crippen LogP contribution in [0.2, 0.25) is 0 Å². The number of aromatic nitrogens is 2. The van der Waals surface area contributed by atoms with Crippen molar-refractivity contribution in [3.8, 4) is 16.9 Å². The van der Waals surface area contributed by atoms with E-state index in [0.29, 0.717) is 65.0 Å². The molecule has 3 aromatic carbocycles. The highest BCUT2D eigenvalue weighted by Crippen LogP contribution is 2.40. The van der Waals surface area contributed by atoms with Gasteiger partial charge in [-0.15, -0.1) is 0 Å². The van der Waals surface area contributed by atoms with Crippen molar-refractivity contribution in [2.45, 2.75) is 12.5 Å². The summed E-state index contributed by atoms with van der Waals surface area (Å²) in [7, 11) is 7.50. The molecular weight excluding hydrogens is 592 g/mol. The van der Waals surface area contributed by atoms with E-state index in [1.807, 2.05) is 38.2 Å². The Labute approximate surface area is 267 Å². The van der Waals surface area contributed by atoms with Crippen LogP contribution in [0.4, 0.5) is 37.5 Å². The Morgan fingerprint density at radius 2 is 1.85 bits per heavy atom. The smallest absolute Gasteiger partial charge is 0.247 e. The number of benzene rings is 3. The number of anilines is 5. The number of hydroxylamine groups is 1. The lowest BCUT2D eigenvalue weighted by Gasteiger charge is -2.26. The zero-order valence-electron chi connectivity index (χ0n) is 26.3. The van der Waals surface area contributed by atoms with E-state index in [9.17, 15) is 13.6 Å². The number of likely N-dealkylation sites (N-methyl/N-ethyl adjacent to an activating group) is 2. The summed E-state index contributed by atoms with van der Waals surface area (Å²) in [5, 5.41) is 7.80. The number of hydrogen-bond acceptors (Lipinski definition) is 9. The number of halogens is 2. The summed E-state index contributed by atoms with van der Waals surface area (Å²) in [5.74, 6) is 0.243. The second-order valence-electron chi connectivity index (χ2n) is 11.1. The molecule has 240 valence electrons. The minimum absolute atomic E-state index is 0.349. The number of ether oxygens (including phenoxy) is 1. The first-order chi connectivity index (χ1) is 22.1. The Kier molecular flexibility index (Phi) is 10.1. The third-order valence-corrected chi connectivity index (χ3v) is 7.56. The van der Waals surface area contributed by atoms with E-state index in [-0.39, 0.29) is 11.9 Å². The summed E-state index contributed by atoms with van der Waals surface area (Å²) in [6.07, 6.45) is 3.20. The van der Waals surface area contributed by atoms with Crippen LogP contribution in [0.5, 0.6) is 5.75 Å². The summed E-state index contributed by atoms with van der Waals surface area (Å²) >= 11 is 0. The molecule has 46 heavy (non-hydrogen) atoms. The molecule has 1 atom stereocenters. The van der Waals surface area contributed by atoms with Crippen molar-refractivity contribution in [1.82, 2.24) is 14.9 Å². The number of amides is 1. The number of nitrogens with zero attached hydrogens (tertiary/aromatic N) is 5. The second-order valence-corrected chi connectivity index (χ2v) is 11.1. The normalized spacial score (nSPS) is 14.3. The quantitative estimate of drug-likeness (QED) is 0.178. The Morgan fingerprint density at radius 1 is 1.04 bits per heavy atom. The van der Waals surface area contributed by atoms with Gasteiger partial charge in [-0.05, 0) is 73.3 Å². The fourth-order valence-electron chi connectivity index (χ4n) is 5.22. The molecule has 5 rings (SSSR count). The number of nitrogens with one attached hydrogen (secondary N) is 2. The molecule has 0 saturated carbocycles. The van der Waals surface area contributed by atoms with Crippen LogP contribution in [0.25, 0.3) is 11.1 Å². The number of rotatable bonds is 12. The van der Waals surface area contributed by atoms with Crippen molar-refractivity contribution in [3.05, 3.63) is 96.8 Å². The van der Waals surface area contributed by atoms with Gasteiger partial charge in [0.05, 0.1) is 36.8 Å². The summed E-state index contributed by atoms with van der Waals surface area (Å²) in [6, 6.07) is 15.7. The van der Waals surface area contributed by atoms with Gasteiger partial charge < -0.3 is 25.2 Å². The van der Waals surface area contributed by atoms with Crippen LogP contribution in [0.3, 0.4) is 0 Å². The zero-order valence-corrected chi connectivity index (χ0v) is 26.3. The molecule has 2 heterocycles. The van der Waals surface area contributed by atoms with Crippen molar-refractivity contribution in [3.63, 3.8) is 0 Å². The Hall–Kier alpha value is -5.07. The van der Waals surface area contributed by atoms with Crippen molar-refractivity contribution >= 4 is 34.6 Å². The van der Waals surface area contributed by atoms with Crippen LogP contribution in [-0.4, -0.2) is 68.7 Å². The average Bonchev–Trinajstić information content (AvgIpc) is 3.54. The van der Waals surface area contributed by atoms with E-state index in [1.54, 1.807) is 36.4 Å². The molecule has 0 spiro atoms. The minimum Gasteiger partial charge on any atom is -0.494 e. The molecule has 0 bridgehead atoms. The molecule has 1 unspecified atom stereocenters. The van der Waals surface area contributed by atoms with Gasteiger partial charge in [-0.25, -0.2) is 23.8 Å². The number of methoxy groups -OCH3 is 1. The van der Waals surface area contributed by atoms with E-state index < -0.39 is 11.6 Å². The molecule has 12 heteroatoms. The molecule has 2 N–H and O–H groups in total. The fraction of sp³-hybridized carbons (Fsp3) is 0.265. The molecule has 1 amide bonds. The molecule has 1 saturated heterocycles. The van der Waals surface area contributed by atoms with Gasteiger partial charge in [0, 0.05) is 38.7 Å². The number of carbonyl (C=O) groups excluding carboxylic acids is 1. The maximum absolute atomic E-state index is 14.8. The molecule has 0 radical (unpaired) electrons. The van der Waals surface area contributed by atoms with Crippen molar-refractivity contribution < 1.29 is 23.1 Å². The molecule has 1 aliphatic heterocycles. The van der Waals surface area contributed by atoms with Gasteiger partial charge in [-0.2, -0.15) is 0 Å². The second kappa shape index (κ2) is 14.4. The first-order valence-electron chi connectivity index (χ1n) is 14.7. The van der Waals surface area contributed by atoms with Gasteiger partial charge in [0.2, 0.25) is 5.91 Å². The monoisotopic (exact) mass is 629 g/mol. The highest BCUT2D eigenvalue weighted by molar-refractivity contribution is 6.02. The maximum atomic E-state index is 14.8. The summed E-state index contributed by atoms with van der Waals surface area (Å²) in [6.45, 7) is 5.49. The van der Waals surface area contributed by atoms with Gasteiger partial charge in [0.25, 0.3) is 0 Å². The average molecular weight is 630 g/mol.